The molecular formula is C78H154N4O27. The molecule has 0 spiro atoms. The molecule has 0 bridgehead atoms. The van der Waals surface area contributed by atoms with Crippen molar-refractivity contribution in [3.8, 4) is 0 Å². The van der Waals surface area contributed by atoms with Crippen molar-refractivity contribution in [3.63, 3.8) is 0 Å². The van der Waals surface area contributed by atoms with Gasteiger partial charge in [-0.05, 0) is 197 Å². The van der Waals surface area contributed by atoms with Gasteiger partial charge in [-0.25, -0.2) is 0 Å². The van der Waals surface area contributed by atoms with E-state index in [0.29, 0.717) is 25.9 Å². The highest BCUT2D eigenvalue weighted by Crippen LogP contribution is 2.44. The van der Waals surface area contributed by atoms with Gasteiger partial charge in [-0.1, -0.05) is 41.5 Å². The van der Waals surface area contributed by atoms with Crippen LogP contribution < -0.4 is 0 Å². The van der Waals surface area contributed by atoms with Crippen LogP contribution in [0.2, 0.25) is 0 Å². The van der Waals surface area contributed by atoms with Crippen LogP contribution in [0.5, 0.6) is 0 Å². The van der Waals surface area contributed by atoms with E-state index in [1.807, 2.05) is 103 Å². The Bertz CT molecular complexity index is 2480. The Kier molecular flexibility index (Phi) is 40.4. The first-order valence-electron chi connectivity index (χ1n) is 39.3. The van der Waals surface area contributed by atoms with Crippen molar-refractivity contribution in [1.29, 1.82) is 0 Å². The monoisotopic (exact) mass is 1580 g/mol. The highest BCUT2D eigenvalue weighted by atomic mass is 16.7. The van der Waals surface area contributed by atoms with Crippen LogP contribution in [0.25, 0.3) is 0 Å². The first-order chi connectivity index (χ1) is 49.2. The average molecular weight is 1580 g/mol. The third-order valence-electron chi connectivity index (χ3n) is 24.4. The summed E-state index contributed by atoms with van der Waals surface area (Å²) in [4.78, 5) is 36.1. The van der Waals surface area contributed by atoms with Crippen LogP contribution in [0, 0.1) is 35.5 Å². The van der Waals surface area contributed by atoms with E-state index in [4.69, 9.17) is 61.9 Å². The highest BCUT2D eigenvalue weighted by molar-refractivity contribution is 5.73. The molecule has 648 valence electrons. The summed E-state index contributed by atoms with van der Waals surface area (Å²) in [5, 5.41) is 124. The van der Waals surface area contributed by atoms with Crippen LogP contribution in [0.3, 0.4) is 0 Å². The molecule has 31 nitrogen and oxygen atoms in total. The first-order valence-corrected chi connectivity index (χ1v) is 39.3. The van der Waals surface area contributed by atoms with Gasteiger partial charge in [0.05, 0.1) is 83.1 Å². The van der Waals surface area contributed by atoms with Gasteiger partial charge in [0.15, 0.2) is 25.2 Å². The van der Waals surface area contributed by atoms with Gasteiger partial charge in [0.25, 0.3) is 0 Å². The zero-order valence-corrected chi connectivity index (χ0v) is 71.5. The molecule has 6 heterocycles. The molecule has 15 N–H and O–H groups in total. The minimum absolute atomic E-state index is 0. The number of hydrogen-bond donors (Lipinski definition) is 11. The van der Waals surface area contributed by atoms with Crippen LogP contribution in [0.15, 0.2) is 0 Å². The molecule has 6 aliphatic heterocycles. The second-order valence-corrected chi connectivity index (χ2v) is 34.6. The fourth-order valence-electron chi connectivity index (χ4n) is 17.5. The maximum absolute atomic E-state index is 14.2. The van der Waals surface area contributed by atoms with Crippen molar-refractivity contribution in [2.45, 2.75) is 377 Å². The van der Waals surface area contributed by atoms with Gasteiger partial charge in [0.2, 0.25) is 0 Å². The molecule has 0 radical (unpaired) electrons. The molecule has 36 atom stereocenters. The summed E-state index contributed by atoms with van der Waals surface area (Å²) in [5.41, 5.74) is -8.75. The Hall–Kier alpha value is -2.14. The van der Waals surface area contributed by atoms with E-state index in [1.165, 1.54) is 28.1 Å². The van der Waals surface area contributed by atoms with E-state index >= 15 is 0 Å². The summed E-state index contributed by atoms with van der Waals surface area (Å²) in [6.45, 7) is 38.0. The normalized spacial score (nSPS) is 47.5. The van der Waals surface area contributed by atoms with Crippen LogP contribution >= 0.6 is 0 Å². The summed E-state index contributed by atoms with van der Waals surface area (Å²) in [6.07, 6.45) is -16.4. The molecule has 0 aromatic carbocycles. The van der Waals surface area contributed by atoms with Crippen LogP contribution in [-0.4, -0.2) is 355 Å². The standard InChI is InChI=1S/2C38H72N2O12.C2H6O.2H2O/c2*1-15-27-38(10,46)31(42)24(6)40(13)19-20(2)17-36(8,45)33(52-35-29(41)26(39(11)12)16-21(3)48-35)22(4)30(23(5)34(44)50-27)51-28-18-37(9,47-14)32(43)25(7)49-28;1-2-3;;/h2*20-33,35,41-43,45-46H,15-19H2,1-14H3;3H,2H2,1H3;2*1H2/t2*20-,21-,22+,23-,24-,25+,26+,27-,28+,29-,30+,31-,32+,33-,35+,36-,37-,38-;;;/m11.../s1. The lowest BCUT2D eigenvalue weighted by molar-refractivity contribution is -0.318. The molecule has 0 aromatic heterocycles. The number of esters is 2. The fourth-order valence-corrected chi connectivity index (χ4v) is 17.5. The maximum atomic E-state index is 14.2. The highest BCUT2D eigenvalue weighted by Gasteiger charge is 2.56. The minimum atomic E-state index is -1.80. The first kappa shape index (κ1) is 103. The Morgan fingerprint density at radius 1 is 0.477 bits per heavy atom. The van der Waals surface area contributed by atoms with Crippen LogP contribution in [-0.2, 0) is 66.4 Å². The lowest BCUT2D eigenvalue weighted by atomic mass is 9.77. The van der Waals surface area contributed by atoms with E-state index in [0.717, 1.165) is 0 Å². The smallest absolute Gasteiger partial charge is 0.311 e. The quantitative estimate of drug-likeness (QED) is 0.111. The average Bonchev–Trinajstić information content (AvgIpc) is 1.57. The van der Waals surface area contributed by atoms with E-state index < -0.39 is 192 Å². The predicted molar refractivity (Wildman–Crippen MR) is 408 cm³/mol. The minimum Gasteiger partial charge on any atom is -0.459 e. The van der Waals surface area contributed by atoms with Gasteiger partial charge in [-0.3, -0.25) is 9.59 Å². The number of methoxy groups -OCH3 is 2. The topological polar surface area (TPSA) is 443 Å². The van der Waals surface area contributed by atoms with Crippen molar-refractivity contribution in [2.75, 3.05) is 76.2 Å². The number of aliphatic hydroxyl groups is 11. The lowest BCUT2D eigenvalue weighted by Gasteiger charge is -2.48. The third kappa shape index (κ3) is 25.4. The number of carbonyl (C=O) groups excluding carboxylic acids is 2. The Morgan fingerprint density at radius 3 is 1.04 bits per heavy atom. The molecule has 0 unspecified atom stereocenters. The number of aliphatic hydroxyl groups excluding tert-OH is 7. The Labute approximate surface area is 651 Å². The summed E-state index contributed by atoms with van der Waals surface area (Å²) < 4.78 is 75.1. The van der Waals surface area contributed by atoms with Crippen LogP contribution in [0.4, 0.5) is 0 Å². The Balaban J connectivity index is 0.000000702. The zero-order valence-electron chi connectivity index (χ0n) is 71.5. The second-order valence-electron chi connectivity index (χ2n) is 34.6. The number of hydrogen-bond acceptors (Lipinski definition) is 29. The van der Waals surface area contributed by atoms with Crippen molar-refractivity contribution in [3.05, 3.63) is 0 Å². The molecular weight excluding hydrogens is 1420 g/mol. The molecule has 0 saturated carbocycles. The fraction of sp³-hybridized carbons (Fsp3) is 0.974. The predicted octanol–water partition coefficient (Wildman–Crippen LogP) is 2.15. The summed E-state index contributed by atoms with van der Waals surface area (Å²) >= 11 is 0. The molecule has 6 aliphatic rings. The van der Waals surface area contributed by atoms with E-state index in [1.54, 1.807) is 90.0 Å². The van der Waals surface area contributed by atoms with Crippen molar-refractivity contribution in [2.24, 2.45) is 35.5 Å². The summed E-state index contributed by atoms with van der Waals surface area (Å²) in [5.74, 6) is -5.17. The van der Waals surface area contributed by atoms with Gasteiger partial charge in [0.1, 0.15) is 60.0 Å². The van der Waals surface area contributed by atoms with E-state index in [9.17, 15) is 60.7 Å². The molecule has 0 aliphatic carbocycles. The maximum Gasteiger partial charge on any atom is 0.311 e. The number of cyclic esters (lactones) is 2. The number of likely N-dealkylation sites (N-methyl/N-ethyl adjacent to an activating group) is 4. The molecule has 31 heteroatoms. The van der Waals surface area contributed by atoms with Crippen molar-refractivity contribution in [1.82, 2.24) is 19.6 Å². The van der Waals surface area contributed by atoms with E-state index in [2.05, 4.69) is 0 Å². The van der Waals surface area contributed by atoms with E-state index in [-0.39, 0.29) is 92.2 Å². The lowest BCUT2D eigenvalue weighted by Crippen LogP contribution is -2.60. The van der Waals surface area contributed by atoms with Gasteiger partial charge in [-0.15, -0.1) is 0 Å². The zero-order chi connectivity index (χ0) is 82.0. The Morgan fingerprint density at radius 2 is 0.771 bits per heavy atom. The SMILES string of the molecule is CCO.CC[C@H]1OC(=O)[C@H](C)[C@@H](O[C@H]2C[C@@](C)(OC)[C@@H](O)[C@H](C)O2)[C@H](C)[C@@H](O[C@@H]2O[C@H](C)C[C@H](N(C)C)[C@H]2O)[C@](C)(O)C[C@@H](C)CN(C)[C@H](C)[C@@H](O)[C@]1(C)O.CC[C@H]1OC(=O)[C@H](C)[C@@H](O[C@H]2C[C@@](C)(OC)[C@@H](O)[C@H](C)O2)[C@H](C)[C@@H](O[C@@H]2O[C@H](C)C[C@H](N(C)C)[C@H]2O)[C@](C)(O)C[C@@H](C)CN(C)[C@H](C)[C@@H](O)[C@]1(C)O.O.O. The van der Waals surface area contributed by atoms with Crippen molar-refractivity contribution < 1.29 is 134 Å². The molecule has 6 saturated heterocycles. The van der Waals surface area contributed by atoms with Crippen LogP contribution in [0.1, 0.15) is 197 Å². The molecule has 6 fully saturated rings. The van der Waals surface area contributed by atoms with Gasteiger partial charge >= 0.3 is 11.9 Å². The number of rotatable bonds is 14. The molecule has 6 rings (SSSR count). The summed E-state index contributed by atoms with van der Waals surface area (Å²) in [7, 11) is 14.2. The molecule has 109 heavy (non-hydrogen) atoms. The second kappa shape index (κ2) is 42.8. The number of nitrogens with zero attached hydrogens (tertiary/aromatic N) is 4. The van der Waals surface area contributed by atoms with Crippen molar-refractivity contribution >= 4 is 11.9 Å². The van der Waals surface area contributed by atoms with Gasteiger partial charge in [-0.2, -0.15) is 0 Å². The largest absolute Gasteiger partial charge is 0.459 e. The number of carbonyl (C=O) groups is 2. The number of ether oxygens (including phenoxy) is 12. The molecule has 0 amide bonds. The van der Waals surface area contributed by atoms with Gasteiger partial charge in [0, 0.05) is 82.8 Å². The van der Waals surface area contributed by atoms with Gasteiger partial charge < -0.3 is 144 Å². The molecule has 0 aromatic rings. The third-order valence-corrected chi connectivity index (χ3v) is 24.4. The summed E-state index contributed by atoms with van der Waals surface area (Å²) in [6, 6.07) is -1.62.